The Balaban J connectivity index is 1.47. The number of cyclic esters (lactones) is 1. The molecule has 200 valence electrons. The molecule has 37 heavy (non-hydrogen) atoms. The molecular formula is C25H28O12. The topological polar surface area (TPSA) is 181 Å². The Hall–Kier alpha value is -3.42. The first-order valence-electron chi connectivity index (χ1n) is 11.6. The smallest absolute Gasteiger partial charge is 0.337 e. The number of esters is 2. The van der Waals surface area contributed by atoms with Crippen molar-refractivity contribution in [2.24, 2.45) is 11.8 Å². The molecule has 3 heterocycles. The van der Waals surface area contributed by atoms with Gasteiger partial charge in [0, 0.05) is 17.9 Å². The predicted molar refractivity (Wildman–Crippen MR) is 123 cm³/mol. The molecule has 3 aliphatic rings. The standard InChI is InChI=1S/C25H28O12/c1-2-13-14-7-8-33-23(32)15(14)11-34-24(13)37-25-21(31)22(20(30)18(10-26)35-25)36-19(29)6-4-12-3-5-16(27)17(28)9-12/h2-6,9,11,13-14,18,20-22,24-28,30-31H,1,7-8,10H2/b6-4+/t13-,14+,18-,20-,21-,22+,24+,25+/m1/s1. The summed E-state index contributed by atoms with van der Waals surface area (Å²) in [6.45, 7) is 3.34. The lowest BCUT2D eigenvalue weighted by molar-refractivity contribution is -0.340. The minimum absolute atomic E-state index is 0.217. The number of carbonyl (C=O) groups is 2. The maximum Gasteiger partial charge on any atom is 0.337 e. The van der Waals surface area contributed by atoms with Crippen LogP contribution in [0.2, 0.25) is 0 Å². The van der Waals surface area contributed by atoms with Crippen molar-refractivity contribution >= 4 is 18.0 Å². The second kappa shape index (κ2) is 11.3. The van der Waals surface area contributed by atoms with Gasteiger partial charge in [0.15, 0.2) is 23.9 Å². The van der Waals surface area contributed by atoms with Crippen LogP contribution >= 0.6 is 0 Å². The van der Waals surface area contributed by atoms with Gasteiger partial charge in [0.2, 0.25) is 6.29 Å². The molecule has 2 saturated heterocycles. The quantitative estimate of drug-likeness (QED) is 0.142. The molecule has 8 atom stereocenters. The number of hydrogen-bond acceptors (Lipinski definition) is 12. The summed E-state index contributed by atoms with van der Waals surface area (Å²) in [6.07, 6.45) is -2.99. The second-order valence-corrected chi connectivity index (χ2v) is 8.75. The number of ether oxygens (including phenoxy) is 5. The van der Waals surface area contributed by atoms with Crippen molar-refractivity contribution in [3.63, 3.8) is 0 Å². The fraction of sp³-hybridized carbons (Fsp3) is 0.440. The van der Waals surface area contributed by atoms with E-state index in [0.717, 1.165) is 6.08 Å². The average molecular weight is 520 g/mol. The van der Waals surface area contributed by atoms with Crippen LogP contribution in [0.4, 0.5) is 0 Å². The van der Waals surface area contributed by atoms with E-state index in [1.54, 1.807) is 6.08 Å². The van der Waals surface area contributed by atoms with Crippen LogP contribution in [-0.4, -0.2) is 87.7 Å². The molecule has 0 amide bonds. The molecule has 0 aliphatic carbocycles. The van der Waals surface area contributed by atoms with Crippen LogP contribution in [0.25, 0.3) is 6.08 Å². The third-order valence-electron chi connectivity index (χ3n) is 6.43. The van der Waals surface area contributed by atoms with Crippen molar-refractivity contribution in [3.05, 3.63) is 54.3 Å². The van der Waals surface area contributed by atoms with E-state index in [9.17, 15) is 35.1 Å². The summed E-state index contributed by atoms with van der Waals surface area (Å²) in [5.41, 5.74) is 0.712. The summed E-state index contributed by atoms with van der Waals surface area (Å²) >= 11 is 0. The molecule has 12 nitrogen and oxygen atoms in total. The maximum atomic E-state index is 12.4. The Labute approximate surface area is 211 Å². The minimum atomic E-state index is -1.68. The van der Waals surface area contributed by atoms with E-state index in [2.05, 4.69) is 6.58 Å². The molecule has 1 aromatic carbocycles. The number of hydrogen-bond donors (Lipinski definition) is 5. The van der Waals surface area contributed by atoms with Crippen molar-refractivity contribution < 1.29 is 58.8 Å². The van der Waals surface area contributed by atoms with E-state index in [4.69, 9.17) is 23.7 Å². The molecule has 4 rings (SSSR count). The SMILES string of the molecule is C=C[C@H]1[C@H](O[C@@H]2O[C@H](CO)[C@@H](O)[C@H](OC(=O)/C=C/c3ccc(O)c(O)c3)[C@H]2O)OC=C2C(=O)OCC[C@H]21. The first-order chi connectivity index (χ1) is 17.7. The van der Waals surface area contributed by atoms with Gasteiger partial charge in [-0.3, -0.25) is 0 Å². The van der Waals surface area contributed by atoms with Crippen molar-refractivity contribution in [3.8, 4) is 11.5 Å². The number of aromatic hydroxyl groups is 2. The molecule has 0 unspecified atom stereocenters. The highest BCUT2D eigenvalue weighted by molar-refractivity contribution is 5.89. The predicted octanol–water partition coefficient (Wildman–Crippen LogP) is 0.0839. The summed E-state index contributed by atoms with van der Waals surface area (Å²) in [7, 11) is 0. The first-order valence-corrected chi connectivity index (χ1v) is 11.6. The van der Waals surface area contributed by atoms with Crippen LogP contribution in [0, 0.1) is 11.8 Å². The van der Waals surface area contributed by atoms with Crippen LogP contribution in [-0.2, 0) is 33.3 Å². The van der Waals surface area contributed by atoms with E-state index < -0.39 is 61.5 Å². The fourth-order valence-electron chi connectivity index (χ4n) is 4.44. The first kappa shape index (κ1) is 26.6. The van der Waals surface area contributed by atoms with Crippen LogP contribution in [0.3, 0.4) is 0 Å². The summed E-state index contributed by atoms with van der Waals surface area (Å²) in [5.74, 6) is -2.96. The monoisotopic (exact) mass is 520 g/mol. The number of benzene rings is 1. The zero-order valence-electron chi connectivity index (χ0n) is 19.6. The van der Waals surface area contributed by atoms with Gasteiger partial charge in [-0.15, -0.1) is 6.58 Å². The zero-order valence-corrected chi connectivity index (χ0v) is 19.6. The third kappa shape index (κ3) is 5.63. The Morgan fingerprint density at radius 1 is 1.16 bits per heavy atom. The van der Waals surface area contributed by atoms with Gasteiger partial charge < -0.3 is 49.2 Å². The number of aliphatic hydroxyl groups is 3. The molecule has 0 bridgehead atoms. The Bertz CT molecular complexity index is 1080. The number of carbonyl (C=O) groups excluding carboxylic acids is 2. The number of fused-ring (bicyclic) bond motifs is 1. The summed E-state index contributed by atoms with van der Waals surface area (Å²) in [6, 6.07) is 3.89. The Morgan fingerprint density at radius 3 is 2.65 bits per heavy atom. The third-order valence-corrected chi connectivity index (χ3v) is 6.43. The zero-order chi connectivity index (χ0) is 26.7. The van der Waals surface area contributed by atoms with Gasteiger partial charge in [-0.05, 0) is 30.2 Å². The van der Waals surface area contributed by atoms with Gasteiger partial charge >= 0.3 is 11.9 Å². The molecule has 0 radical (unpaired) electrons. The lowest BCUT2D eigenvalue weighted by atomic mass is 9.81. The molecule has 12 heteroatoms. The number of rotatable bonds is 7. The molecular weight excluding hydrogens is 492 g/mol. The van der Waals surface area contributed by atoms with E-state index in [1.165, 1.54) is 30.5 Å². The highest BCUT2D eigenvalue weighted by Gasteiger charge is 2.50. The highest BCUT2D eigenvalue weighted by Crippen LogP contribution is 2.39. The molecule has 5 N–H and O–H groups in total. The molecule has 1 aromatic rings. The highest BCUT2D eigenvalue weighted by atomic mass is 16.8. The number of phenolic OH excluding ortho intramolecular Hbond substituents is 2. The molecule has 0 saturated carbocycles. The number of aliphatic hydroxyl groups excluding tert-OH is 3. The van der Waals surface area contributed by atoms with Gasteiger partial charge in [0.1, 0.15) is 18.3 Å². The number of phenols is 2. The van der Waals surface area contributed by atoms with E-state index in [1.807, 2.05) is 0 Å². The van der Waals surface area contributed by atoms with Crippen molar-refractivity contribution in [2.75, 3.05) is 13.2 Å². The van der Waals surface area contributed by atoms with Crippen LogP contribution in [0.15, 0.2) is 48.8 Å². The fourth-order valence-corrected chi connectivity index (χ4v) is 4.44. The second-order valence-electron chi connectivity index (χ2n) is 8.75. The van der Waals surface area contributed by atoms with Crippen molar-refractivity contribution in [1.82, 2.24) is 0 Å². The van der Waals surface area contributed by atoms with Gasteiger partial charge in [0.25, 0.3) is 0 Å². The lowest BCUT2D eigenvalue weighted by Gasteiger charge is -2.44. The van der Waals surface area contributed by atoms with E-state index in [0.29, 0.717) is 17.6 Å². The largest absolute Gasteiger partial charge is 0.504 e. The Morgan fingerprint density at radius 2 is 1.95 bits per heavy atom. The van der Waals surface area contributed by atoms with Gasteiger partial charge in [-0.1, -0.05) is 12.1 Å². The summed E-state index contributed by atoms with van der Waals surface area (Å²) in [5, 5.41) is 50.0. The van der Waals surface area contributed by atoms with Crippen molar-refractivity contribution in [2.45, 2.75) is 43.4 Å². The average Bonchev–Trinajstić information content (AvgIpc) is 2.88. The van der Waals surface area contributed by atoms with E-state index in [-0.39, 0.29) is 24.0 Å². The van der Waals surface area contributed by atoms with Crippen LogP contribution in [0.1, 0.15) is 12.0 Å². The molecule has 2 fully saturated rings. The van der Waals surface area contributed by atoms with Gasteiger partial charge in [-0.25, -0.2) is 9.59 Å². The van der Waals surface area contributed by atoms with Crippen LogP contribution < -0.4 is 0 Å². The van der Waals surface area contributed by atoms with Crippen LogP contribution in [0.5, 0.6) is 11.5 Å². The lowest BCUT2D eigenvalue weighted by Crippen LogP contribution is -2.61. The molecule has 0 aromatic heterocycles. The Kier molecular flexibility index (Phi) is 8.15. The van der Waals surface area contributed by atoms with Gasteiger partial charge in [0.05, 0.1) is 25.0 Å². The summed E-state index contributed by atoms with van der Waals surface area (Å²) < 4.78 is 27.2. The summed E-state index contributed by atoms with van der Waals surface area (Å²) in [4.78, 5) is 24.5. The van der Waals surface area contributed by atoms with Gasteiger partial charge in [-0.2, -0.15) is 0 Å². The normalized spacial score (nSPS) is 33.6. The minimum Gasteiger partial charge on any atom is -0.504 e. The van der Waals surface area contributed by atoms with Crippen molar-refractivity contribution in [1.29, 1.82) is 0 Å². The molecule has 3 aliphatic heterocycles. The maximum absolute atomic E-state index is 12.4. The molecule has 0 spiro atoms. The van der Waals surface area contributed by atoms with E-state index >= 15 is 0 Å².